The monoisotopic (exact) mass is 1930 g/mol. The molecule has 0 aliphatic rings. The zero-order chi connectivity index (χ0) is 99.8. The summed E-state index contributed by atoms with van der Waals surface area (Å²) in [7, 11) is 0. The highest BCUT2D eigenvalue weighted by Gasteiger charge is 2.31. The third-order valence-electron chi connectivity index (χ3n) is 26.7. The number of halogens is 14. The van der Waals surface area contributed by atoms with Crippen LogP contribution >= 0.6 is 0 Å². The second-order valence-corrected chi connectivity index (χ2v) is 35.8. The fourth-order valence-corrected chi connectivity index (χ4v) is 20.2. The van der Waals surface area contributed by atoms with E-state index in [0.29, 0.717) is 145 Å². The highest BCUT2D eigenvalue weighted by molar-refractivity contribution is 6.30. The van der Waals surface area contributed by atoms with Crippen LogP contribution in [-0.4, -0.2) is 0 Å². The first kappa shape index (κ1) is 91.4. The molecular formula is C128H74F14N4. The minimum Gasteiger partial charge on any atom is -0.307 e. The number of rotatable bonds is 20. The minimum absolute atomic E-state index is 0.0195. The van der Waals surface area contributed by atoms with E-state index < -0.39 is 81.4 Å². The molecule has 0 amide bonds. The molecule has 146 heavy (non-hydrogen) atoms. The van der Waals surface area contributed by atoms with Crippen molar-refractivity contribution in [3.05, 3.63) is 530 Å². The van der Waals surface area contributed by atoms with Crippen molar-refractivity contribution in [2.24, 2.45) is 0 Å². The van der Waals surface area contributed by atoms with Crippen LogP contribution in [0.4, 0.5) is 130 Å². The van der Waals surface area contributed by atoms with E-state index in [1.54, 1.807) is 180 Å². The van der Waals surface area contributed by atoms with E-state index in [9.17, 15) is 43.9 Å². The van der Waals surface area contributed by atoms with E-state index in [1.165, 1.54) is 121 Å². The Kier molecular flexibility index (Phi) is 23.7. The first-order valence-corrected chi connectivity index (χ1v) is 46.7. The van der Waals surface area contributed by atoms with Gasteiger partial charge in [-0.2, -0.15) is 0 Å². The largest absolute Gasteiger partial charge is 0.307 e. The third kappa shape index (κ3) is 17.5. The molecule has 704 valence electrons. The number of hydrogen-bond acceptors (Lipinski definition) is 4. The molecule has 0 radical (unpaired) electrons. The average molecular weight is 1930 g/mol. The summed E-state index contributed by atoms with van der Waals surface area (Å²) in [5, 5.41) is 9.34. The van der Waals surface area contributed by atoms with Gasteiger partial charge in [0.15, 0.2) is 0 Å². The van der Waals surface area contributed by atoms with Gasteiger partial charge in [-0.05, 0) is 375 Å². The summed E-state index contributed by atoms with van der Waals surface area (Å²) >= 11 is 0. The smallest absolute Gasteiger partial charge is 0.150 e. The Morgan fingerprint density at radius 1 is 0.116 bits per heavy atom. The summed E-state index contributed by atoms with van der Waals surface area (Å²) in [4.78, 5) is 6.98. The maximum atomic E-state index is 16.6. The average Bonchev–Trinajstić information content (AvgIpc) is 0.718. The molecule has 0 N–H and O–H groups in total. The summed E-state index contributed by atoms with van der Waals surface area (Å²) < 4.78 is 215. The standard InChI is InChI=1S/C64H36F8N2.C64H38F6N2/c65-47-9-1-5-39(27-47)43-25-44(40-6-2-10-48(66)28-40)32-53(31-43)73(61-23-17-51(69)35-57(61)71)59-21-15-37-14-20-56-60(22-16-38-13-19-55(59)63(37)64(38)56)74(62-24-18-52(70)36-58(62)72)54-33-45(41-7-3-11-49(67)29-41)26-46(34-54)42-8-4-12-50(68)30-42;65-49-13-5-9-41(31-49)45-29-46(42-10-6-14-50(66)32-42)36-53(35-45)71(61-19-3-1-17-57(61)69)59-27-23-39-22-26-56-60(28-24-40-21-25-55(59)63(39)64(40)56)72(62-20-4-2-18-58(62)70)54-37-47(43-11-7-15-51(67)33-43)30-48(38-54)44-12-8-16-52(68)34-44/h1-36H;1-38H. The summed E-state index contributed by atoms with van der Waals surface area (Å²) in [5.74, 6) is -7.99. The Hall–Kier alpha value is -18.4. The van der Waals surface area contributed by atoms with Gasteiger partial charge in [0.25, 0.3) is 0 Å². The zero-order valence-corrected chi connectivity index (χ0v) is 76.8. The van der Waals surface area contributed by atoms with Gasteiger partial charge in [0, 0.05) is 56.4 Å². The quantitative estimate of drug-likeness (QED) is 0.0557. The van der Waals surface area contributed by atoms with Crippen molar-refractivity contribution in [2.45, 2.75) is 0 Å². The number of benzene rings is 24. The fourth-order valence-electron chi connectivity index (χ4n) is 20.2. The van der Waals surface area contributed by atoms with Crippen LogP contribution in [-0.2, 0) is 0 Å². The molecule has 0 saturated heterocycles. The van der Waals surface area contributed by atoms with Crippen molar-refractivity contribution in [1.29, 1.82) is 0 Å². The fraction of sp³-hybridized carbons (Fsp3) is 0. The van der Waals surface area contributed by atoms with Crippen molar-refractivity contribution in [3.63, 3.8) is 0 Å². The second-order valence-electron chi connectivity index (χ2n) is 35.8. The Balaban J connectivity index is 0.000000161. The van der Waals surface area contributed by atoms with E-state index in [1.807, 2.05) is 143 Å². The van der Waals surface area contributed by atoms with Crippen LogP contribution in [0, 0.1) is 81.4 Å². The van der Waals surface area contributed by atoms with Gasteiger partial charge in [0.2, 0.25) is 0 Å². The molecule has 0 unspecified atom stereocenters. The Morgan fingerprint density at radius 3 is 0.486 bits per heavy atom. The van der Waals surface area contributed by atoms with E-state index in [4.69, 9.17) is 0 Å². The van der Waals surface area contributed by atoms with E-state index in [2.05, 4.69) is 0 Å². The van der Waals surface area contributed by atoms with Gasteiger partial charge in [-0.3, -0.25) is 0 Å². The highest BCUT2D eigenvalue weighted by Crippen LogP contribution is 2.55. The third-order valence-corrected chi connectivity index (χ3v) is 26.7. The van der Waals surface area contributed by atoms with E-state index in [0.717, 1.165) is 78.1 Å². The molecule has 24 aromatic carbocycles. The van der Waals surface area contributed by atoms with Crippen LogP contribution in [0.15, 0.2) is 449 Å². The van der Waals surface area contributed by atoms with Gasteiger partial charge in [-0.15, -0.1) is 0 Å². The van der Waals surface area contributed by atoms with Crippen LogP contribution in [0.2, 0.25) is 0 Å². The van der Waals surface area contributed by atoms with Gasteiger partial charge in [-0.25, -0.2) is 61.5 Å². The molecule has 24 aromatic rings. The van der Waals surface area contributed by atoms with Crippen LogP contribution in [0.25, 0.3) is 154 Å². The number of nitrogens with zero attached hydrogens (tertiary/aromatic N) is 4. The van der Waals surface area contributed by atoms with Gasteiger partial charge < -0.3 is 19.6 Å². The van der Waals surface area contributed by atoms with Crippen LogP contribution < -0.4 is 19.6 Å². The van der Waals surface area contributed by atoms with Gasteiger partial charge >= 0.3 is 0 Å². The maximum Gasteiger partial charge on any atom is 0.150 e. The zero-order valence-electron chi connectivity index (χ0n) is 76.8. The summed E-state index contributed by atoms with van der Waals surface area (Å²) in [5.41, 5.74) is 13.4. The molecule has 0 aromatic heterocycles. The molecule has 4 nitrogen and oxygen atoms in total. The van der Waals surface area contributed by atoms with Gasteiger partial charge in [-0.1, -0.05) is 194 Å². The van der Waals surface area contributed by atoms with Crippen LogP contribution in [0.3, 0.4) is 0 Å². The first-order chi connectivity index (χ1) is 71.0. The molecule has 0 atom stereocenters. The maximum absolute atomic E-state index is 16.6. The van der Waals surface area contributed by atoms with Gasteiger partial charge in [0.05, 0.1) is 45.5 Å². The molecule has 0 heterocycles. The summed E-state index contributed by atoms with van der Waals surface area (Å²) in [6.45, 7) is 0. The number of hydrogen-bond donors (Lipinski definition) is 0. The number of anilines is 12. The first-order valence-electron chi connectivity index (χ1n) is 46.7. The lowest BCUT2D eigenvalue weighted by molar-refractivity contribution is 0.583. The SMILES string of the molecule is Fc1cccc(-c2cc(-c3cccc(F)c3)cc(N(c3ccc(F)cc3F)c3ccc4ccc5c(N(c6cc(-c7cccc(F)c7)cc(-c7cccc(F)c7)c6)c6ccc(F)cc6F)ccc6ccc3c4c65)c2)c1.Fc1cccc(-c2cc(-c3cccc(F)c3)cc(N(c3ccccc3F)c3ccc4ccc5c(N(c6cc(-c7cccc(F)c7)cc(-c7cccc(F)c7)c6)c6ccccc6F)ccc6ccc3c4c65)c2)c1. The molecule has 0 saturated carbocycles. The molecule has 0 aliphatic carbocycles. The second kappa shape index (κ2) is 37.9. The van der Waals surface area contributed by atoms with Crippen LogP contribution in [0.1, 0.15) is 0 Å². The predicted molar refractivity (Wildman–Crippen MR) is 562 cm³/mol. The minimum atomic E-state index is -0.878. The molecule has 0 bridgehead atoms. The van der Waals surface area contributed by atoms with Crippen molar-refractivity contribution >= 4 is 133 Å². The Labute approximate surface area is 828 Å². The highest BCUT2D eigenvalue weighted by atomic mass is 19.2. The van der Waals surface area contributed by atoms with E-state index >= 15 is 17.6 Å². The van der Waals surface area contributed by atoms with Crippen molar-refractivity contribution < 1.29 is 61.5 Å². The lowest BCUT2D eigenvalue weighted by Crippen LogP contribution is -2.14. The van der Waals surface area contributed by atoms with Crippen molar-refractivity contribution in [3.8, 4) is 89.0 Å². The lowest BCUT2D eigenvalue weighted by atomic mass is 9.91. The van der Waals surface area contributed by atoms with Gasteiger partial charge in [0.1, 0.15) is 81.4 Å². The summed E-state index contributed by atoms with van der Waals surface area (Å²) in [6.07, 6.45) is 0. The Morgan fingerprint density at radius 2 is 0.295 bits per heavy atom. The summed E-state index contributed by atoms with van der Waals surface area (Å²) in [6, 6.07) is 121. The molecular weight excluding hydrogens is 1860 g/mol. The topological polar surface area (TPSA) is 13.0 Å². The molecule has 0 fully saturated rings. The lowest BCUT2D eigenvalue weighted by Gasteiger charge is -2.30. The van der Waals surface area contributed by atoms with Crippen molar-refractivity contribution in [1.82, 2.24) is 0 Å². The molecule has 0 aliphatic heterocycles. The Bertz CT molecular complexity index is 8500. The van der Waals surface area contributed by atoms with Crippen LogP contribution in [0.5, 0.6) is 0 Å². The van der Waals surface area contributed by atoms with E-state index in [-0.39, 0.29) is 22.7 Å². The van der Waals surface area contributed by atoms with Crippen molar-refractivity contribution in [2.75, 3.05) is 19.6 Å². The normalized spacial score (nSPS) is 11.5. The molecule has 24 rings (SSSR count). The number of para-hydroxylation sites is 2. The molecule has 0 spiro atoms. The predicted octanol–water partition coefficient (Wildman–Crippen LogP) is 38.3. The molecule has 18 heteroatoms.